The summed E-state index contributed by atoms with van der Waals surface area (Å²) in [7, 11) is 0. The quantitative estimate of drug-likeness (QED) is 0.632. The minimum Gasteiger partial charge on any atom is -0.364 e. The molecular weight excluding hydrogens is 433 g/mol. The third-order valence-electron chi connectivity index (χ3n) is 5.95. The third-order valence-corrected chi connectivity index (χ3v) is 6.39. The second-order valence-electron chi connectivity index (χ2n) is 8.04. The van der Waals surface area contributed by atoms with Gasteiger partial charge in [0.2, 0.25) is 0 Å². The van der Waals surface area contributed by atoms with Crippen molar-refractivity contribution in [1.29, 1.82) is 0 Å². The fourth-order valence-electron chi connectivity index (χ4n) is 4.34. The Morgan fingerprint density at radius 3 is 2.10 bits per heavy atom. The molecule has 0 bridgehead atoms. The molecule has 0 saturated carbocycles. The summed E-state index contributed by atoms with van der Waals surface area (Å²) in [6.07, 6.45) is 0. The second-order valence-corrected chi connectivity index (χ2v) is 8.91. The van der Waals surface area contributed by atoms with E-state index in [0.29, 0.717) is 40.1 Å². The van der Waals surface area contributed by atoms with Crippen LogP contribution in [0, 0.1) is 13.8 Å². The zero-order valence-electron chi connectivity index (χ0n) is 17.9. The van der Waals surface area contributed by atoms with Crippen LogP contribution in [0.5, 0.6) is 0 Å². The number of carbonyl (C=O) groups excluding carboxylic acids is 2. The largest absolute Gasteiger partial charge is 0.364 e. The average Bonchev–Trinajstić information content (AvgIpc) is 2.97. The van der Waals surface area contributed by atoms with Crippen molar-refractivity contribution >= 4 is 46.3 Å². The highest BCUT2D eigenvalue weighted by molar-refractivity contribution is 6.46. The first-order valence-corrected chi connectivity index (χ1v) is 11.2. The molecule has 0 radical (unpaired) electrons. The molecule has 4 rings (SSSR count). The van der Waals surface area contributed by atoms with Gasteiger partial charge in [0.05, 0.1) is 11.3 Å². The van der Waals surface area contributed by atoms with Crippen LogP contribution in [0.4, 0.5) is 5.69 Å². The van der Waals surface area contributed by atoms with Crippen LogP contribution in [0.3, 0.4) is 0 Å². The Morgan fingerprint density at radius 2 is 1.52 bits per heavy atom. The molecule has 2 aromatic carbocycles. The number of piperazine rings is 1. The van der Waals surface area contributed by atoms with Gasteiger partial charge in [-0.25, -0.2) is 4.90 Å². The van der Waals surface area contributed by atoms with Gasteiger partial charge < -0.3 is 9.80 Å². The van der Waals surface area contributed by atoms with Gasteiger partial charge in [-0.15, -0.1) is 0 Å². The molecule has 0 N–H and O–H groups in total. The Labute approximate surface area is 192 Å². The fourth-order valence-corrected chi connectivity index (χ4v) is 4.85. The monoisotopic (exact) mass is 457 g/mol. The van der Waals surface area contributed by atoms with Gasteiger partial charge in [0.15, 0.2) is 0 Å². The van der Waals surface area contributed by atoms with E-state index in [-0.39, 0.29) is 11.8 Å². The van der Waals surface area contributed by atoms with Crippen molar-refractivity contribution in [2.45, 2.75) is 20.8 Å². The lowest BCUT2D eigenvalue weighted by molar-refractivity contribution is -0.120. The molecule has 162 valence electrons. The summed E-state index contributed by atoms with van der Waals surface area (Å²) in [5.74, 6) is -0.675. The van der Waals surface area contributed by atoms with Gasteiger partial charge in [-0.05, 0) is 49.7 Å². The smallest absolute Gasteiger partial charge is 0.282 e. The molecule has 2 amide bonds. The van der Waals surface area contributed by atoms with E-state index in [1.54, 1.807) is 18.2 Å². The first kappa shape index (κ1) is 21.9. The number of amides is 2. The Morgan fingerprint density at radius 1 is 0.871 bits per heavy atom. The van der Waals surface area contributed by atoms with Crippen molar-refractivity contribution in [2.75, 3.05) is 37.6 Å². The highest BCUT2D eigenvalue weighted by atomic mass is 35.5. The summed E-state index contributed by atoms with van der Waals surface area (Å²) in [6.45, 7) is 10.2. The van der Waals surface area contributed by atoms with Crippen LogP contribution < -0.4 is 4.90 Å². The van der Waals surface area contributed by atoms with E-state index in [0.717, 1.165) is 36.3 Å². The summed E-state index contributed by atoms with van der Waals surface area (Å²) in [6, 6.07) is 10.7. The standard InChI is InChI=1S/C24H25Cl2N3O2/c1-4-27-7-9-28(10-8-27)22-21(20-6-5-15(2)11-16(20)3)23(30)29(24(22)31)19-13-17(25)12-18(26)14-19/h5-6,11-14H,4,7-10H2,1-3H3. The summed E-state index contributed by atoms with van der Waals surface area (Å²) in [5, 5.41) is 0.752. The van der Waals surface area contributed by atoms with Crippen LogP contribution in [0.2, 0.25) is 10.0 Å². The predicted octanol–water partition coefficient (Wildman–Crippen LogP) is 4.53. The van der Waals surface area contributed by atoms with E-state index < -0.39 is 0 Å². The number of carbonyl (C=O) groups is 2. The molecule has 0 aromatic heterocycles. The van der Waals surface area contributed by atoms with Crippen molar-refractivity contribution in [3.05, 3.63) is 68.8 Å². The van der Waals surface area contributed by atoms with E-state index in [2.05, 4.69) is 11.8 Å². The fraction of sp³-hybridized carbons (Fsp3) is 0.333. The SMILES string of the molecule is CCN1CCN(C2=C(c3ccc(C)cc3C)C(=O)N(c3cc(Cl)cc(Cl)c3)C2=O)CC1. The number of imide groups is 1. The highest BCUT2D eigenvalue weighted by Crippen LogP contribution is 2.38. The molecule has 0 aliphatic carbocycles. The first-order valence-electron chi connectivity index (χ1n) is 10.4. The molecule has 2 aliphatic rings. The summed E-state index contributed by atoms with van der Waals surface area (Å²) < 4.78 is 0. The molecule has 1 saturated heterocycles. The number of likely N-dealkylation sites (N-methyl/N-ethyl adjacent to an activating group) is 1. The van der Waals surface area contributed by atoms with Gasteiger partial charge in [0.1, 0.15) is 5.70 Å². The number of aryl methyl sites for hydroxylation is 2. The Bertz CT molecular complexity index is 1070. The highest BCUT2D eigenvalue weighted by Gasteiger charge is 2.43. The number of rotatable bonds is 4. The minimum atomic E-state index is -0.344. The average molecular weight is 458 g/mol. The van der Waals surface area contributed by atoms with Crippen LogP contribution in [0.15, 0.2) is 42.1 Å². The normalized spacial score (nSPS) is 17.8. The van der Waals surface area contributed by atoms with Gasteiger partial charge >= 0.3 is 0 Å². The number of hydrogen-bond acceptors (Lipinski definition) is 4. The van der Waals surface area contributed by atoms with E-state index in [1.807, 2.05) is 36.9 Å². The van der Waals surface area contributed by atoms with Gasteiger partial charge in [-0.1, -0.05) is 53.9 Å². The first-order chi connectivity index (χ1) is 14.8. The summed E-state index contributed by atoms with van der Waals surface area (Å²) in [5.41, 5.74) is 4.15. The molecule has 2 heterocycles. The Kier molecular flexibility index (Phi) is 6.11. The van der Waals surface area contributed by atoms with Crippen LogP contribution >= 0.6 is 23.2 Å². The lowest BCUT2D eigenvalue weighted by Gasteiger charge is -2.36. The molecule has 2 aromatic rings. The number of hydrogen-bond donors (Lipinski definition) is 0. The van der Waals surface area contributed by atoms with Crippen LogP contribution in [0.1, 0.15) is 23.6 Å². The van der Waals surface area contributed by atoms with E-state index in [1.165, 1.54) is 4.90 Å². The molecule has 0 atom stereocenters. The Balaban J connectivity index is 1.83. The number of anilines is 1. The molecule has 2 aliphatic heterocycles. The zero-order valence-corrected chi connectivity index (χ0v) is 19.4. The third kappa shape index (κ3) is 4.10. The van der Waals surface area contributed by atoms with Crippen LogP contribution in [0.25, 0.3) is 5.57 Å². The maximum absolute atomic E-state index is 13.7. The van der Waals surface area contributed by atoms with Crippen LogP contribution in [-0.2, 0) is 9.59 Å². The van der Waals surface area contributed by atoms with Gasteiger partial charge in [0.25, 0.3) is 11.8 Å². The van der Waals surface area contributed by atoms with Crippen molar-refractivity contribution in [1.82, 2.24) is 9.80 Å². The molecule has 31 heavy (non-hydrogen) atoms. The van der Waals surface area contributed by atoms with Gasteiger partial charge in [-0.3, -0.25) is 9.59 Å². The summed E-state index contributed by atoms with van der Waals surface area (Å²) in [4.78, 5) is 32.9. The van der Waals surface area contributed by atoms with E-state index >= 15 is 0 Å². The van der Waals surface area contributed by atoms with Gasteiger partial charge in [0, 0.05) is 36.2 Å². The lowest BCUT2D eigenvalue weighted by atomic mass is 9.97. The molecule has 0 unspecified atom stereocenters. The van der Waals surface area contributed by atoms with Crippen molar-refractivity contribution in [3.8, 4) is 0 Å². The topological polar surface area (TPSA) is 43.9 Å². The number of nitrogens with zero attached hydrogens (tertiary/aromatic N) is 3. The molecule has 7 heteroatoms. The maximum Gasteiger partial charge on any atom is 0.282 e. The zero-order chi connectivity index (χ0) is 22.3. The number of benzene rings is 2. The van der Waals surface area contributed by atoms with Crippen molar-refractivity contribution < 1.29 is 9.59 Å². The minimum absolute atomic E-state index is 0.330. The maximum atomic E-state index is 13.7. The molecule has 0 spiro atoms. The molecule has 1 fully saturated rings. The second kappa shape index (κ2) is 8.65. The summed E-state index contributed by atoms with van der Waals surface area (Å²) >= 11 is 12.3. The Hall–Kier alpha value is -2.34. The van der Waals surface area contributed by atoms with Crippen LogP contribution in [-0.4, -0.2) is 54.3 Å². The van der Waals surface area contributed by atoms with E-state index in [9.17, 15) is 9.59 Å². The molecular formula is C24H25Cl2N3O2. The predicted molar refractivity (Wildman–Crippen MR) is 125 cm³/mol. The lowest BCUT2D eigenvalue weighted by Crippen LogP contribution is -2.47. The van der Waals surface area contributed by atoms with Gasteiger partial charge in [-0.2, -0.15) is 0 Å². The number of halogens is 2. The van der Waals surface area contributed by atoms with Crippen molar-refractivity contribution in [3.63, 3.8) is 0 Å². The van der Waals surface area contributed by atoms with Crippen molar-refractivity contribution in [2.24, 2.45) is 0 Å². The molecule has 5 nitrogen and oxygen atoms in total. The van der Waals surface area contributed by atoms with E-state index in [4.69, 9.17) is 23.2 Å².